The van der Waals surface area contributed by atoms with Crippen LogP contribution in [0.2, 0.25) is 5.02 Å². The van der Waals surface area contributed by atoms with Gasteiger partial charge < -0.3 is 15.2 Å². The Kier molecular flexibility index (Phi) is 2.21. The largest absolute Gasteiger partial charge is 0.508 e. The van der Waals surface area contributed by atoms with Crippen molar-refractivity contribution >= 4 is 17.7 Å². The highest BCUT2D eigenvalue weighted by atomic mass is 35.5. The molecule has 1 fully saturated rings. The number of benzene rings is 1. The Bertz CT molecular complexity index is 380. The molecule has 74 valence electrons. The van der Waals surface area contributed by atoms with Crippen molar-refractivity contribution in [3.8, 4) is 5.75 Å². The monoisotopic (exact) mass is 213 g/mol. The number of hydrogen-bond acceptors (Lipinski definition) is 3. The molecule has 0 spiro atoms. The number of nitrogens with one attached hydrogen (secondary N) is 1. The molecule has 1 saturated heterocycles. The maximum Gasteiger partial charge on any atom is 0.407 e. The average molecular weight is 214 g/mol. The number of phenolic OH excluding ortho intramolecular Hbond substituents is 1. The van der Waals surface area contributed by atoms with Crippen LogP contribution >= 0.6 is 11.6 Å². The van der Waals surface area contributed by atoms with Crippen molar-refractivity contribution in [3.63, 3.8) is 0 Å². The molecule has 1 amide bonds. The van der Waals surface area contributed by atoms with Gasteiger partial charge >= 0.3 is 6.09 Å². The third-order valence-corrected chi connectivity index (χ3v) is 2.27. The number of phenols is 1. The van der Waals surface area contributed by atoms with Crippen LogP contribution in [0.4, 0.5) is 4.79 Å². The summed E-state index contributed by atoms with van der Waals surface area (Å²) in [5.74, 6) is 0.102. The molecule has 0 radical (unpaired) electrons. The molecular weight excluding hydrogens is 206 g/mol. The Hall–Kier alpha value is -1.42. The van der Waals surface area contributed by atoms with Gasteiger partial charge in [0.2, 0.25) is 0 Å². The van der Waals surface area contributed by atoms with Crippen molar-refractivity contribution in [3.05, 3.63) is 28.8 Å². The Labute approximate surface area is 85.4 Å². The Morgan fingerprint density at radius 3 is 3.00 bits per heavy atom. The summed E-state index contributed by atoms with van der Waals surface area (Å²) in [6.07, 6.45) is -0.477. The fourth-order valence-electron chi connectivity index (χ4n) is 1.36. The van der Waals surface area contributed by atoms with Crippen molar-refractivity contribution in [2.75, 3.05) is 6.61 Å². The highest BCUT2D eigenvalue weighted by molar-refractivity contribution is 6.30. The van der Waals surface area contributed by atoms with Gasteiger partial charge in [-0.3, -0.25) is 0 Å². The van der Waals surface area contributed by atoms with E-state index in [0.29, 0.717) is 10.6 Å². The molecule has 2 N–H and O–H groups in total. The third-order valence-electron chi connectivity index (χ3n) is 2.04. The van der Waals surface area contributed by atoms with Gasteiger partial charge in [-0.1, -0.05) is 11.6 Å². The third kappa shape index (κ3) is 1.61. The van der Waals surface area contributed by atoms with E-state index in [0.717, 1.165) is 0 Å². The lowest BCUT2D eigenvalue weighted by atomic mass is 10.1. The van der Waals surface area contributed by atoms with E-state index in [-0.39, 0.29) is 18.4 Å². The van der Waals surface area contributed by atoms with Crippen LogP contribution in [0.5, 0.6) is 5.75 Å². The Morgan fingerprint density at radius 2 is 2.36 bits per heavy atom. The second kappa shape index (κ2) is 3.38. The van der Waals surface area contributed by atoms with Crippen LogP contribution in [-0.2, 0) is 4.74 Å². The Morgan fingerprint density at radius 1 is 1.57 bits per heavy atom. The van der Waals surface area contributed by atoms with Crippen LogP contribution in [0, 0.1) is 0 Å². The predicted molar refractivity (Wildman–Crippen MR) is 50.3 cm³/mol. The molecule has 1 aliphatic rings. The minimum Gasteiger partial charge on any atom is -0.508 e. The number of amides is 1. The van der Waals surface area contributed by atoms with Crippen molar-refractivity contribution in [2.24, 2.45) is 0 Å². The molecule has 1 aliphatic heterocycles. The summed E-state index contributed by atoms with van der Waals surface area (Å²) in [6, 6.07) is 4.36. The lowest BCUT2D eigenvalue weighted by Gasteiger charge is -2.09. The standard InChI is InChI=1S/C9H8ClNO3/c10-5-1-2-8(12)6(3-5)7-4-14-9(13)11-7/h1-3,7,12H,4H2,(H,11,13). The van der Waals surface area contributed by atoms with Gasteiger partial charge in [-0.15, -0.1) is 0 Å². The fourth-order valence-corrected chi connectivity index (χ4v) is 1.54. The van der Waals surface area contributed by atoms with E-state index in [1.165, 1.54) is 6.07 Å². The van der Waals surface area contributed by atoms with Gasteiger partial charge in [-0.05, 0) is 18.2 Å². The zero-order chi connectivity index (χ0) is 10.1. The smallest absolute Gasteiger partial charge is 0.407 e. The number of carbonyl (C=O) groups is 1. The summed E-state index contributed by atoms with van der Waals surface area (Å²) in [5, 5.41) is 12.6. The molecule has 0 aromatic heterocycles. The first kappa shape index (κ1) is 9.15. The highest BCUT2D eigenvalue weighted by Gasteiger charge is 2.25. The molecule has 1 aromatic carbocycles. The number of cyclic esters (lactones) is 1. The number of carbonyl (C=O) groups excluding carboxylic acids is 1. The zero-order valence-electron chi connectivity index (χ0n) is 7.16. The van der Waals surface area contributed by atoms with E-state index in [1.807, 2.05) is 0 Å². The minimum absolute atomic E-state index is 0.102. The van der Waals surface area contributed by atoms with Gasteiger partial charge in [0.1, 0.15) is 12.4 Å². The summed E-state index contributed by atoms with van der Waals surface area (Å²) < 4.78 is 4.71. The van der Waals surface area contributed by atoms with E-state index in [9.17, 15) is 9.90 Å². The van der Waals surface area contributed by atoms with E-state index >= 15 is 0 Å². The number of hydrogen-bond donors (Lipinski definition) is 2. The van der Waals surface area contributed by atoms with Crippen molar-refractivity contribution < 1.29 is 14.6 Å². The van der Waals surface area contributed by atoms with Gasteiger partial charge in [0.25, 0.3) is 0 Å². The van der Waals surface area contributed by atoms with Crippen LogP contribution in [0.25, 0.3) is 0 Å². The second-order valence-corrected chi connectivity index (χ2v) is 3.43. The first-order valence-electron chi connectivity index (χ1n) is 4.08. The van der Waals surface area contributed by atoms with Gasteiger partial charge in [0, 0.05) is 10.6 Å². The molecule has 2 rings (SSSR count). The lowest BCUT2D eigenvalue weighted by Crippen LogP contribution is -2.18. The summed E-state index contributed by atoms with van der Waals surface area (Å²) in [5.41, 5.74) is 0.573. The van der Waals surface area contributed by atoms with Crippen LogP contribution in [-0.4, -0.2) is 17.8 Å². The quantitative estimate of drug-likeness (QED) is 0.748. The number of alkyl carbamates (subject to hydrolysis) is 1. The molecule has 4 nitrogen and oxygen atoms in total. The van der Waals surface area contributed by atoms with Gasteiger partial charge in [-0.2, -0.15) is 0 Å². The van der Waals surface area contributed by atoms with Crippen LogP contribution in [0.3, 0.4) is 0 Å². The van der Waals surface area contributed by atoms with E-state index in [2.05, 4.69) is 5.32 Å². The number of rotatable bonds is 1. The molecule has 1 heterocycles. The van der Waals surface area contributed by atoms with Gasteiger partial charge in [-0.25, -0.2) is 4.79 Å². The van der Waals surface area contributed by atoms with Crippen molar-refractivity contribution in [1.29, 1.82) is 0 Å². The first-order valence-corrected chi connectivity index (χ1v) is 4.46. The van der Waals surface area contributed by atoms with Crippen molar-refractivity contribution in [2.45, 2.75) is 6.04 Å². The summed E-state index contributed by atoms with van der Waals surface area (Å²) in [4.78, 5) is 10.8. The SMILES string of the molecule is O=C1NC(c2cc(Cl)ccc2O)CO1. The summed E-state index contributed by atoms with van der Waals surface area (Å²) in [7, 11) is 0. The maximum atomic E-state index is 10.8. The topological polar surface area (TPSA) is 58.6 Å². The fraction of sp³-hybridized carbons (Fsp3) is 0.222. The van der Waals surface area contributed by atoms with Gasteiger partial charge in [0.05, 0.1) is 6.04 Å². The van der Waals surface area contributed by atoms with Crippen LogP contribution < -0.4 is 5.32 Å². The van der Waals surface area contributed by atoms with Gasteiger partial charge in [0.15, 0.2) is 0 Å². The molecule has 1 atom stereocenters. The molecule has 0 aliphatic carbocycles. The van der Waals surface area contributed by atoms with E-state index in [4.69, 9.17) is 16.3 Å². The molecule has 0 bridgehead atoms. The van der Waals surface area contributed by atoms with E-state index in [1.54, 1.807) is 12.1 Å². The average Bonchev–Trinajstić information content (AvgIpc) is 2.56. The second-order valence-electron chi connectivity index (χ2n) is 3.00. The molecule has 0 saturated carbocycles. The highest BCUT2D eigenvalue weighted by Crippen LogP contribution is 2.29. The number of ether oxygens (including phenoxy) is 1. The number of halogens is 1. The molecule has 1 aromatic rings. The Balaban J connectivity index is 2.31. The summed E-state index contributed by atoms with van der Waals surface area (Å²) >= 11 is 5.77. The normalized spacial score (nSPS) is 20.4. The maximum absolute atomic E-state index is 10.8. The van der Waals surface area contributed by atoms with Crippen LogP contribution in [0.15, 0.2) is 18.2 Å². The molecule has 5 heteroatoms. The molecule has 14 heavy (non-hydrogen) atoms. The lowest BCUT2D eigenvalue weighted by molar-refractivity contribution is 0.177. The summed E-state index contributed by atoms with van der Waals surface area (Å²) in [6.45, 7) is 0.215. The van der Waals surface area contributed by atoms with Crippen molar-refractivity contribution in [1.82, 2.24) is 5.32 Å². The molecule has 1 unspecified atom stereocenters. The first-order chi connectivity index (χ1) is 6.66. The number of aromatic hydroxyl groups is 1. The van der Waals surface area contributed by atoms with E-state index < -0.39 is 6.09 Å². The molecular formula is C9H8ClNO3. The minimum atomic E-state index is -0.477. The van der Waals surface area contributed by atoms with Crippen LogP contribution in [0.1, 0.15) is 11.6 Å². The zero-order valence-corrected chi connectivity index (χ0v) is 7.91. The predicted octanol–water partition coefficient (Wildman–Crippen LogP) is 1.83.